The number of hydrogen-bond donors (Lipinski definition) is 0. The molecule has 2 aromatic carbocycles. The highest BCUT2D eigenvalue weighted by Gasteiger charge is 2.28. The fourth-order valence-corrected chi connectivity index (χ4v) is 4.56. The Morgan fingerprint density at radius 3 is 2.30 bits per heavy atom. The van der Waals surface area contributed by atoms with Crippen molar-refractivity contribution < 1.29 is 17.9 Å². The maximum absolute atomic E-state index is 12.9. The Bertz CT molecular complexity index is 902. The van der Waals surface area contributed by atoms with Crippen LogP contribution in [-0.2, 0) is 14.8 Å². The summed E-state index contributed by atoms with van der Waals surface area (Å²) in [5.74, 6) is -0.451. The Morgan fingerprint density at radius 2 is 1.70 bits per heavy atom. The topological polar surface area (TPSA) is 66.9 Å². The third kappa shape index (κ3) is 4.31. The van der Waals surface area contributed by atoms with Crippen molar-refractivity contribution in [2.75, 3.05) is 37.7 Å². The smallest absolute Gasteiger partial charge is 0.338 e. The molecular formula is C20H24N2O4S. The van der Waals surface area contributed by atoms with Gasteiger partial charge in [-0.25, -0.2) is 13.2 Å². The average Bonchev–Trinajstić information content (AvgIpc) is 2.68. The van der Waals surface area contributed by atoms with Crippen molar-refractivity contribution in [1.29, 1.82) is 0 Å². The van der Waals surface area contributed by atoms with E-state index in [1.165, 1.54) is 34.1 Å². The van der Waals surface area contributed by atoms with Gasteiger partial charge in [-0.05, 0) is 55.8 Å². The summed E-state index contributed by atoms with van der Waals surface area (Å²) in [6, 6.07) is 14.1. The second-order valence-corrected chi connectivity index (χ2v) is 8.41. The lowest BCUT2D eigenvalue weighted by atomic mass is 10.2. The molecule has 1 aliphatic heterocycles. The number of rotatable bonds is 5. The number of anilines is 1. The molecule has 1 aliphatic rings. The van der Waals surface area contributed by atoms with Crippen molar-refractivity contribution >= 4 is 21.7 Å². The minimum atomic E-state index is -3.58. The van der Waals surface area contributed by atoms with E-state index in [0.717, 1.165) is 5.69 Å². The Labute approximate surface area is 160 Å². The summed E-state index contributed by atoms with van der Waals surface area (Å²) >= 11 is 0. The molecule has 0 unspecified atom stereocenters. The summed E-state index contributed by atoms with van der Waals surface area (Å²) < 4.78 is 32.2. The van der Waals surface area contributed by atoms with Gasteiger partial charge in [0.05, 0.1) is 17.1 Å². The molecule has 6 nitrogen and oxygen atoms in total. The standard InChI is InChI=1S/C20H24N2O4S/c1-3-26-20(23)17-7-9-19(10-8-17)27(24,25)22-13-11-21(12-14-22)18-6-4-5-16(2)15-18/h4-10,15H,3,11-14H2,1-2H3. The van der Waals surface area contributed by atoms with Crippen LogP contribution in [0.15, 0.2) is 53.4 Å². The number of esters is 1. The molecule has 27 heavy (non-hydrogen) atoms. The quantitative estimate of drug-likeness (QED) is 0.737. The van der Waals surface area contributed by atoms with E-state index >= 15 is 0 Å². The van der Waals surface area contributed by atoms with Gasteiger partial charge < -0.3 is 9.64 Å². The summed E-state index contributed by atoms with van der Waals surface area (Å²) in [7, 11) is -3.58. The molecular weight excluding hydrogens is 364 g/mol. The van der Waals surface area contributed by atoms with Gasteiger partial charge in [0, 0.05) is 31.9 Å². The molecule has 0 aliphatic carbocycles. The minimum absolute atomic E-state index is 0.194. The van der Waals surface area contributed by atoms with Gasteiger partial charge in [0.25, 0.3) is 0 Å². The zero-order valence-corrected chi connectivity index (χ0v) is 16.4. The van der Waals surface area contributed by atoms with E-state index in [0.29, 0.717) is 31.7 Å². The first-order valence-electron chi connectivity index (χ1n) is 9.01. The monoisotopic (exact) mass is 388 g/mol. The van der Waals surface area contributed by atoms with Crippen LogP contribution in [0.5, 0.6) is 0 Å². The van der Waals surface area contributed by atoms with Crippen molar-refractivity contribution in [3.8, 4) is 0 Å². The van der Waals surface area contributed by atoms with E-state index < -0.39 is 16.0 Å². The van der Waals surface area contributed by atoms with E-state index in [1.54, 1.807) is 6.92 Å². The maximum Gasteiger partial charge on any atom is 0.338 e. The molecule has 0 atom stereocenters. The summed E-state index contributed by atoms with van der Waals surface area (Å²) in [5.41, 5.74) is 2.65. The van der Waals surface area contributed by atoms with Crippen molar-refractivity contribution in [2.24, 2.45) is 0 Å². The van der Waals surface area contributed by atoms with Crippen molar-refractivity contribution in [3.05, 3.63) is 59.7 Å². The number of hydrogen-bond acceptors (Lipinski definition) is 5. The number of ether oxygens (including phenoxy) is 1. The van der Waals surface area contributed by atoms with E-state index in [2.05, 4.69) is 11.0 Å². The van der Waals surface area contributed by atoms with Crippen molar-refractivity contribution in [2.45, 2.75) is 18.7 Å². The molecule has 1 saturated heterocycles. The SMILES string of the molecule is CCOC(=O)c1ccc(S(=O)(=O)N2CCN(c3cccc(C)c3)CC2)cc1. The Hall–Kier alpha value is -2.38. The first-order chi connectivity index (χ1) is 12.9. The number of piperazine rings is 1. The van der Waals surface area contributed by atoms with E-state index in [-0.39, 0.29) is 11.5 Å². The van der Waals surface area contributed by atoms with Crippen LogP contribution in [0.2, 0.25) is 0 Å². The van der Waals surface area contributed by atoms with Gasteiger partial charge in [-0.1, -0.05) is 12.1 Å². The third-order valence-electron chi connectivity index (χ3n) is 4.61. The highest BCUT2D eigenvalue weighted by molar-refractivity contribution is 7.89. The summed E-state index contributed by atoms with van der Waals surface area (Å²) in [4.78, 5) is 14.1. The van der Waals surface area contributed by atoms with Crippen LogP contribution in [0.3, 0.4) is 0 Å². The van der Waals surface area contributed by atoms with Gasteiger partial charge in [-0.2, -0.15) is 4.31 Å². The van der Waals surface area contributed by atoms with Gasteiger partial charge in [-0.15, -0.1) is 0 Å². The lowest BCUT2D eigenvalue weighted by Crippen LogP contribution is -2.48. The molecule has 7 heteroatoms. The molecule has 1 heterocycles. The summed E-state index contributed by atoms with van der Waals surface area (Å²) in [6.45, 7) is 6.19. The van der Waals surface area contributed by atoms with Gasteiger partial charge in [-0.3, -0.25) is 0 Å². The van der Waals surface area contributed by atoms with Gasteiger partial charge >= 0.3 is 5.97 Å². The average molecular weight is 388 g/mol. The van der Waals surface area contributed by atoms with Gasteiger partial charge in [0.2, 0.25) is 10.0 Å². The molecule has 1 fully saturated rings. The number of benzene rings is 2. The number of carbonyl (C=O) groups excluding carboxylic acids is 1. The molecule has 0 saturated carbocycles. The van der Waals surface area contributed by atoms with Crippen molar-refractivity contribution in [1.82, 2.24) is 4.31 Å². The highest BCUT2D eigenvalue weighted by Crippen LogP contribution is 2.22. The zero-order valence-electron chi connectivity index (χ0n) is 15.6. The minimum Gasteiger partial charge on any atom is -0.462 e. The Balaban J connectivity index is 1.68. The fourth-order valence-electron chi connectivity index (χ4n) is 3.14. The van der Waals surface area contributed by atoms with Crippen LogP contribution in [0.1, 0.15) is 22.8 Å². The second-order valence-electron chi connectivity index (χ2n) is 6.47. The van der Waals surface area contributed by atoms with Crippen LogP contribution in [0, 0.1) is 6.92 Å². The predicted octanol–water partition coefficient (Wildman–Crippen LogP) is 2.68. The van der Waals surface area contributed by atoms with E-state index in [9.17, 15) is 13.2 Å². The number of aryl methyl sites for hydroxylation is 1. The molecule has 0 bridgehead atoms. The number of carbonyl (C=O) groups is 1. The lowest BCUT2D eigenvalue weighted by molar-refractivity contribution is 0.0526. The first kappa shape index (κ1) is 19.4. The van der Waals surface area contributed by atoms with E-state index in [1.807, 2.05) is 25.1 Å². The predicted molar refractivity (Wildman–Crippen MR) is 105 cm³/mol. The molecule has 3 rings (SSSR count). The number of sulfonamides is 1. The van der Waals surface area contributed by atoms with Crippen LogP contribution < -0.4 is 4.90 Å². The summed E-state index contributed by atoms with van der Waals surface area (Å²) in [5, 5.41) is 0. The van der Waals surface area contributed by atoms with Crippen LogP contribution in [0.4, 0.5) is 5.69 Å². The molecule has 0 radical (unpaired) electrons. The molecule has 0 N–H and O–H groups in total. The molecule has 0 spiro atoms. The maximum atomic E-state index is 12.9. The Morgan fingerprint density at radius 1 is 1.04 bits per heavy atom. The first-order valence-corrected chi connectivity index (χ1v) is 10.4. The van der Waals surface area contributed by atoms with E-state index in [4.69, 9.17) is 4.74 Å². The van der Waals surface area contributed by atoms with Crippen LogP contribution in [0.25, 0.3) is 0 Å². The fraction of sp³-hybridized carbons (Fsp3) is 0.350. The third-order valence-corrected chi connectivity index (χ3v) is 6.52. The van der Waals surface area contributed by atoms with Crippen molar-refractivity contribution in [3.63, 3.8) is 0 Å². The highest BCUT2D eigenvalue weighted by atomic mass is 32.2. The summed E-state index contributed by atoms with van der Waals surface area (Å²) in [6.07, 6.45) is 0. The molecule has 0 aromatic heterocycles. The number of nitrogens with zero attached hydrogens (tertiary/aromatic N) is 2. The largest absolute Gasteiger partial charge is 0.462 e. The Kier molecular flexibility index (Phi) is 5.82. The zero-order chi connectivity index (χ0) is 19.4. The molecule has 144 valence electrons. The second kappa shape index (κ2) is 8.10. The normalized spacial score (nSPS) is 15.6. The van der Waals surface area contributed by atoms with Gasteiger partial charge in [0.15, 0.2) is 0 Å². The van der Waals surface area contributed by atoms with Gasteiger partial charge in [0.1, 0.15) is 0 Å². The van der Waals surface area contributed by atoms with Crippen LogP contribution in [-0.4, -0.2) is 51.5 Å². The molecule has 0 amide bonds. The van der Waals surface area contributed by atoms with Crippen LogP contribution >= 0.6 is 0 Å². The lowest BCUT2D eigenvalue weighted by Gasteiger charge is -2.35. The molecule has 2 aromatic rings.